The molecule has 0 unspecified atom stereocenters. The summed E-state index contributed by atoms with van der Waals surface area (Å²) in [6.45, 7) is 3.88. The summed E-state index contributed by atoms with van der Waals surface area (Å²) in [6.07, 6.45) is 2.87. The van der Waals surface area contributed by atoms with Gasteiger partial charge in [0.25, 0.3) is 0 Å². The molecule has 1 aromatic heterocycles. The molecule has 4 aromatic rings. The lowest BCUT2D eigenvalue weighted by Gasteiger charge is -2.21. The molecule has 5 nitrogen and oxygen atoms in total. The molecule has 0 saturated carbocycles. The van der Waals surface area contributed by atoms with Gasteiger partial charge in [0.05, 0.1) is 7.11 Å². The standard InChI is InChI=1S/C26H28N4O/c1-31-24-13-12-21(22-9-5-6-10-23(22)24)19-29-16-15-26-28-27-25(30(26)18-17-29)14-11-20-7-3-2-4-8-20/h2-10,12-13H,11,14-19H2,1H3. The van der Waals surface area contributed by atoms with Crippen LogP contribution in [0.3, 0.4) is 0 Å². The number of methoxy groups -OCH3 is 1. The van der Waals surface area contributed by atoms with E-state index in [-0.39, 0.29) is 0 Å². The van der Waals surface area contributed by atoms with Crippen LogP contribution in [0.25, 0.3) is 10.8 Å². The molecule has 0 amide bonds. The molecule has 0 bridgehead atoms. The highest BCUT2D eigenvalue weighted by Gasteiger charge is 2.19. The second-order valence-electron chi connectivity index (χ2n) is 8.17. The third-order valence-corrected chi connectivity index (χ3v) is 6.26. The lowest BCUT2D eigenvalue weighted by Crippen LogP contribution is -2.27. The number of aryl methyl sites for hydroxylation is 2. The zero-order valence-corrected chi connectivity index (χ0v) is 18.0. The third kappa shape index (κ3) is 4.19. The van der Waals surface area contributed by atoms with E-state index in [0.29, 0.717) is 0 Å². The van der Waals surface area contributed by atoms with E-state index in [0.717, 1.165) is 62.8 Å². The van der Waals surface area contributed by atoms with E-state index in [4.69, 9.17) is 4.74 Å². The van der Waals surface area contributed by atoms with Crippen LogP contribution in [0.5, 0.6) is 5.75 Å². The normalized spacial score (nSPS) is 14.4. The first kappa shape index (κ1) is 19.8. The summed E-state index contributed by atoms with van der Waals surface area (Å²) in [5, 5.41) is 11.5. The van der Waals surface area contributed by atoms with Crippen molar-refractivity contribution in [3.63, 3.8) is 0 Å². The molecule has 31 heavy (non-hydrogen) atoms. The van der Waals surface area contributed by atoms with E-state index >= 15 is 0 Å². The molecule has 0 spiro atoms. The minimum atomic E-state index is 0.931. The van der Waals surface area contributed by atoms with E-state index in [1.165, 1.54) is 21.9 Å². The van der Waals surface area contributed by atoms with Gasteiger partial charge in [0.2, 0.25) is 0 Å². The molecule has 0 aliphatic carbocycles. The number of rotatable bonds is 6. The van der Waals surface area contributed by atoms with Gasteiger partial charge in [-0.1, -0.05) is 60.7 Å². The third-order valence-electron chi connectivity index (χ3n) is 6.26. The van der Waals surface area contributed by atoms with Gasteiger partial charge in [0.15, 0.2) is 0 Å². The quantitative estimate of drug-likeness (QED) is 0.474. The number of aromatic nitrogens is 3. The molecule has 0 atom stereocenters. The number of nitrogens with zero attached hydrogens (tertiary/aromatic N) is 4. The molecule has 0 fully saturated rings. The van der Waals surface area contributed by atoms with Crippen LogP contribution >= 0.6 is 0 Å². The minimum Gasteiger partial charge on any atom is -0.496 e. The molecule has 1 aliphatic heterocycles. The summed E-state index contributed by atoms with van der Waals surface area (Å²) in [5.41, 5.74) is 2.69. The number of hydrogen-bond acceptors (Lipinski definition) is 4. The van der Waals surface area contributed by atoms with Gasteiger partial charge >= 0.3 is 0 Å². The van der Waals surface area contributed by atoms with Crippen LogP contribution in [-0.2, 0) is 32.4 Å². The van der Waals surface area contributed by atoms with Crippen LogP contribution in [0.2, 0.25) is 0 Å². The van der Waals surface area contributed by atoms with Crippen molar-refractivity contribution in [1.82, 2.24) is 19.7 Å². The maximum atomic E-state index is 5.56. The lowest BCUT2D eigenvalue weighted by atomic mass is 10.0. The maximum Gasteiger partial charge on any atom is 0.134 e. The minimum absolute atomic E-state index is 0.931. The Kier molecular flexibility index (Phi) is 5.67. The van der Waals surface area contributed by atoms with Gasteiger partial charge in [-0.15, -0.1) is 10.2 Å². The van der Waals surface area contributed by atoms with Crippen LogP contribution in [-0.4, -0.2) is 39.9 Å². The molecule has 0 N–H and O–H groups in total. The molecule has 1 aliphatic rings. The van der Waals surface area contributed by atoms with Crippen molar-refractivity contribution in [2.45, 2.75) is 32.4 Å². The number of ether oxygens (including phenoxy) is 1. The molecule has 2 heterocycles. The smallest absolute Gasteiger partial charge is 0.134 e. The van der Waals surface area contributed by atoms with Crippen molar-refractivity contribution in [2.75, 3.05) is 20.2 Å². The van der Waals surface area contributed by atoms with Gasteiger partial charge in [-0.3, -0.25) is 4.90 Å². The zero-order valence-electron chi connectivity index (χ0n) is 18.0. The van der Waals surface area contributed by atoms with Crippen LogP contribution in [0.4, 0.5) is 0 Å². The predicted molar refractivity (Wildman–Crippen MR) is 123 cm³/mol. The van der Waals surface area contributed by atoms with Crippen LogP contribution in [0.1, 0.15) is 22.8 Å². The fourth-order valence-corrected chi connectivity index (χ4v) is 4.56. The summed E-state index contributed by atoms with van der Waals surface area (Å²) in [4.78, 5) is 2.53. The highest BCUT2D eigenvalue weighted by molar-refractivity contribution is 5.91. The van der Waals surface area contributed by atoms with Crippen molar-refractivity contribution < 1.29 is 4.74 Å². The summed E-state index contributed by atoms with van der Waals surface area (Å²) in [6, 6.07) is 23.4. The van der Waals surface area contributed by atoms with Gasteiger partial charge in [0.1, 0.15) is 17.4 Å². The molecular weight excluding hydrogens is 384 g/mol. The maximum absolute atomic E-state index is 5.56. The van der Waals surface area contributed by atoms with Gasteiger partial charge in [0, 0.05) is 44.4 Å². The van der Waals surface area contributed by atoms with Gasteiger partial charge in [-0.2, -0.15) is 0 Å². The molecule has 158 valence electrons. The second kappa shape index (κ2) is 8.90. The Morgan fingerprint density at radius 3 is 2.45 bits per heavy atom. The molecular formula is C26H28N4O. The van der Waals surface area contributed by atoms with Crippen molar-refractivity contribution in [3.05, 3.63) is 89.5 Å². The Morgan fingerprint density at radius 2 is 1.61 bits per heavy atom. The predicted octanol–water partition coefficient (Wildman–Crippen LogP) is 4.28. The largest absolute Gasteiger partial charge is 0.496 e. The highest BCUT2D eigenvalue weighted by Crippen LogP contribution is 2.29. The molecule has 5 heteroatoms. The topological polar surface area (TPSA) is 43.2 Å². The van der Waals surface area contributed by atoms with E-state index in [9.17, 15) is 0 Å². The summed E-state index contributed by atoms with van der Waals surface area (Å²) in [7, 11) is 1.74. The number of benzene rings is 3. The fourth-order valence-electron chi connectivity index (χ4n) is 4.56. The van der Waals surface area contributed by atoms with Crippen LogP contribution in [0.15, 0.2) is 66.7 Å². The molecule has 5 rings (SSSR count). The monoisotopic (exact) mass is 412 g/mol. The van der Waals surface area contributed by atoms with Crippen molar-refractivity contribution in [3.8, 4) is 5.75 Å². The van der Waals surface area contributed by atoms with Crippen molar-refractivity contribution >= 4 is 10.8 Å². The SMILES string of the molecule is COc1ccc(CN2CCc3nnc(CCc4ccccc4)n3CC2)c2ccccc12. The zero-order chi connectivity index (χ0) is 21.0. The average molecular weight is 413 g/mol. The van der Waals surface area contributed by atoms with Crippen molar-refractivity contribution in [2.24, 2.45) is 0 Å². The van der Waals surface area contributed by atoms with Crippen molar-refractivity contribution in [1.29, 1.82) is 0 Å². The Morgan fingerprint density at radius 1 is 0.806 bits per heavy atom. The Bertz CT molecular complexity index is 1170. The number of fused-ring (bicyclic) bond motifs is 2. The molecule has 0 radical (unpaired) electrons. The first-order valence-electron chi connectivity index (χ1n) is 11.0. The van der Waals surface area contributed by atoms with E-state index < -0.39 is 0 Å². The lowest BCUT2D eigenvalue weighted by molar-refractivity contribution is 0.271. The molecule has 0 saturated heterocycles. The average Bonchev–Trinajstić information content (AvgIpc) is 3.10. The van der Waals surface area contributed by atoms with E-state index in [1.54, 1.807) is 7.11 Å². The summed E-state index contributed by atoms with van der Waals surface area (Å²) < 4.78 is 7.90. The molecule has 3 aromatic carbocycles. The van der Waals surface area contributed by atoms with Gasteiger partial charge < -0.3 is 9.30 Å². The van der Waals surface area contributed by atoms with E-state index in [2.05, 4.69) is 86.4 Å². The summed E-state index contributed by atoms with van der Waals surface area (Å²) >= 11 is 0. The summed E-state index contributed by atoms with van der Waals surface area (Å²) in [5.74, 6) is 3.16. The fraction of sp³-hybridized carbons (Fsp3) is 0.308. The van der Waals surface area contributed by atoms with Gasteiger partial charge in [-0.25, -0.2) is 0 Å². The first-order chi connectivity index (χ1) is 15.3. The van der Waals surface area contributed by atoms with Crippen LogP contribution < -0.4 is 4.74 Å². The van der Waals surface area contributed by atoms with E-state index in [1.807, 2.05) is 0 Å². The first-order valence-corrected chi connectivity index (χ1v) is 11.0. The Balaban J connectivity index is 1.29. The number of hydrogen-bond donors (Lipinski definition) is 0. The Hall–Kier alpha value is -3.18. The second-order valence-corrected chi connectivity index (χ2v) is 8.17. The highest BCUT2D eigenvalue weighted by atomic mass is 16.5. The van der Waals surface area contributed by atoms with Gasteiger partial charge in [-0.05, 0) is 29.0 Å². The van der Waals surface area contributed by atoms with Crippen LogP contribution in [0, 0.1) is 0 Å². The Labute approximate surface area is 183 Å².